The average Bonchev–Trinajstić information content (AvgIpc) is 3.00. The lowest BCUT2D eigenvalue weighted by atomic mass is 10.1. The molecule has 4 aromatic rings. The zero-order valence-corrected chi connectivity index (χ0v) is 17.0. The molecule has 0 radical (unpaired) electrons. The van der Waals surface area contributed by atoms with Crippen LogP contribution in [0.1, 0.15) is 17.0 Å². The molecule has 0 fully saturated rings. The molecule has 4 rings (SSSR count). The summed E-state index contributed by atoms with van der Waals surface area (Å²) in [6, 6.07) is 16.8. The predicted octanol–water partition coefficient (Wildman–Crippen LogP) is 6.35. The summed E-state index contributed by atoms with van der Waals surface area (Å²) in [5.41, 5.74) is 4.58. The summed E-state index contributed by atoms with van der Waals surface area (Å²) >= 11 is 5.29. The number of fused-ring (bicyclic) bond motifs is 1. The molecule has 0 atom stereocenters. The first-order chi connectivity index (χ1) is 12.6. The largest absolute Gasteiger partial charge is 0.366 e. The molecular weight excluding hydrogens is 406 g/mol. The van der Waals surface area contributed by atoms with E-state index in [2.05, 4.69) is 73.9 Å². The minimum atomic E-state index is 0.720. The van der Waals surface area contributed by atoms with Crippen LogP contribution in [0, 0.1) is 13.8 Å². The van der Waals surface area contributed by atoms with Gasteiger partial charge in [-0.25, -0.2) is 9.97 Å². The van der Waals surface area contributed by atoms with Crippen molar-refractivity contribution in [2.45, 2.75) is 20.4 Å². The van der Waals surface area contributed by atoms with Crippen molar-refractivity contribution in [1.29, 1.82) is 0 Å². The molecule has 0 unspecified atom stereocenters. The fraction of sp³-hybridized carbons (Fsp3) is 0.143. The van der Waals surface area contributed by atoms with E-state index < -0.39 is 0 Å². The van der Waals surface area contributed by atoms with Gasteiger partial charge in [-0.05, 0) is 60.0 Å². The van der Waals surface area contributed by atoms with Crippen molar-refractivity contribution in [3.63, 3.8) is 0 Å². The van der Waals surface area contributed by atoms with Crippen LogP contribution in [0.15, 0.2) is 58.4 Å². The van der Waals surface area contributed by atoms with Crippen LogP contribution in [0.3, 0.4) is 0 Å². The van der Waals surface area contributed by atoms with E-state index in [0.717, 1.165) is 33.9 Å². The van der Waals surface area contributed by atoms with E-state index in [1.54, 1.807) is 11.3 Å². The van der Waals surface area contributed by atoms with Crippen LogP contribution >= 0.6 is 27.3 Å². The number of anilines is 1. The third-order valence-corrected chi connectivity index (χ3v) is 5.84. The highest BCUT2D eigenvalue weighted by molar-refractivity contribution is 9.10. The van der Waals surface area contributed by atoms with Crippen molar-refractivity contribution in [3.8, 4) is 11.3 Å². The number of hydrogen-bond donors (Lipinski definition) is 1. The van der Waals surface area contributed by atoms with E-state index in [4.69, 9.17) is 0 Å². The zero-order valence-electron chi connectivity index (χ0n) is 14.6. The van der Waals surface area contributed by atoms with Gasteiger partial charge >= 0.3 is 0 Å². The second kappa shape index (κ2) is 7.17. The molecular formula is C21H18BrN3S. The molecule has 0 bridgehead atoms. The number of hydrogen-bond acceptors (Lipinski definition) is 4. The van der Waals surface area contributed by atoms with Crippen molar-refractivity contribution in [2.75, 3.05) is 5.32 Å². The van der Waals surface area contributed by atoms with Gasteiger partial charge in [0, 0.05) is 27.3 Å². The van der Waals surface area contributed by atoms with Crippen molar-refractivity contribution in [1.82, 2.24) is 9.97 Å². The van der Waals surface area contributed by atoms with Gasteiger partial charge in [-0.2, -0.15) is 0 Å². The minimum absolute atomic E-state index is 0.720. The number of rotatable bonds is 4. The van der Waals surface area contributed by atoms with Crippen LogP contribution in [0.4, 0.5) is 5.82 Å². The molecule has 130 valence electrons. The summed E-state index contributed by atoms with van der Waals surface area (Å²) in [6.07, 6.45) is 0. The van der Waals surface area contributed by atoms with Gasteiger partial charge in [-0.1, -0.05) is 34.1 Å². The SMILES string of the molecule is Cc1nc(NCc2cccc(Br)c2)cc(-c2ccc3scc(C)c3c2)n1. The summed E-state index contributed by atoms with van der Waals surface area (Å²) < 4.78 is 2.39. The van der Waals surface area contributed by atoms with Crippen molar-refractivity contribution in [3.05, 3.63) is 75.3 Å². The van der Waals surface area contributed by atoms with Crippen molar-refractivity contribution < 1.29 is 0 Å². The number of nitrogens with zero attached hydrogens (tertiary/aromatic N) is 2. The lowest BCUT2D eigenvalue weighted by Crippen LogP contribution is -2.04. The van der Waals surface area contributed by atoms with Crippen LogP contribution < -0.4 is 5.32 Å². The van der Waals surface area contributed by atoms with Gasteiger partial charge in [0.15, 0.2) is 0 Å². The molecule has 1 N–H and O–H groups in total. The van der Waals surface area contributed by atoms with Crippen molar-refractivity contribution in [2.24, 2.45) is 0 Å². The van der Waals surface area contributed by atoms with Gasteiger partial charge in [0.1, 0.15) is 11.6 Å². The van der Waals surface area contributed by atoms with Crippen LogP contribution in [0.25, 0.3) is 21.3 Å². The maximum atomic E-state index is 4.64. The molecule has 0 aliphatic carbocycles. The number of benzene rings is 2. The fourth-order valence-corrected chi connectivity index (χ4v) is 4.33. The monoisotopic (exact) mass is 423 g/mol. The van der Waals surface area contributed by atoms with Gasteiger partial charge < -0.3 is 5.32 Å². The summed E-state index contributed by atoms with van der Waals surface area (Å²) in [5.74, 6) is 1.61. The summed E-state index contributed by atoms with van der Waals surface area (Å²) in [7, 11) is 0. The van der Waals surface area contributed by atoms with E-state index in [1.165, 1.54) is 21.2 Å². The highest BCUT2D eigenvalue weighted by Crippen LogP contribution is 2.30. The smallest absolute Gasteiger partial charge is 0.130 e. The van der Waals surface area contributed by atoms with Crippen LogP contribution in [-0.2, 0) is 6.54 Å². The maximum absolute atomic E-state index is 4.64. The van der Waals surface area contributed by atoms with E-state index in [0.29, 0.717) is 0 Å². The number of halogens is 1. The highest BCUT2D eigenvalue weighted by atomic mass is 79.9. The Balaban J connectivity index is 1.63. The molecule has 0 saturated carbocycles. The van der Waals surface area contributed by atoms with Gasteiger partial charge in [0.05, 0.1) is 5.69 Å². The summed E-state index contributed by atoms with van der Waals surface area (Å²) in [5, 5.41) is 6.91. The first-order valence-corrected chi connectivity index (χ1v) is 10.1. The molecule has 2 aromatic heterocycles. The summed E-state index contributed by atoms with van der Waals surface area (Å²) in [6.45, 7) is 4.80. The standard InChI is InChI=1S/C21H18BrN3S/c1-13-12-26-20-7-6-16(9-18(13)20)19-10-21(25-14(2)24-19)23-11-15-4-3-5-17(22)8-15/h3-10,12H,11H2,1-2H3,(H,23,24,25). The number of aromatic nitrogens is 2. The zero-order chi connectivity index (χ0) is 18.1. The Kier molecular flexibility index (Phi) is 4.74. The van der Waals surface area contributed by atoms with Crippen molar-refractivity contribution >= 4 is 43.2 Å². The Labute approximate surface area is 165 Å². The highest BCUT2D eigenvalue weighted by Gasteiger charge is 2.08. The predicted molar refractivity (Wildman–Crippen MR) is 114 cm³/mol. The lowest BCUT2D eigenvalue weighted by Gasteiger charge is -2.09. The molecule has 0 aliphatic rings. The first-order valence-electron chi connectivity index (χ1n) is 8.41. The molecule has 2 heterocycles. The number of thiophene rings is 1. The lowest BCUT2D eigenvalue weighted by molar-refractivity contribution is 1.03. The minimum Gasteiger partial charge on any atom is -0.366 e. The van der Waals surface area contributed by atoms with E-state index in [9.17, 15) is 0 Å². The molecule has 0 saturated heterocycles. The molecule has 3 nitrogen and oxygen atoms in total. The topological polar surface area (TPSA) is 37.8 Å². The average molecular weight is 424 g/mol. The second-order valence-corrected chi connectivity index (χ2v) is 8.13. The third-order valence-electron chi connectivity index (χ3n) is 4.26. The normalized spacial score (nSPS) is 11.0. The van der Waals surface area contributed by atoms with E-state index in [1.807, 2.05) is 25.1 Å². The van der Waals surface area contributed by atoms with Crippen LogP contribution in [0.2, 0.25) is 0 Å². The van der Waals surface area contributed by atoms with Crippen LogP contribution in [-0.4, -0.2) is 9.97 Å². The van der Waals surface area contributed by atoms with E-state index >= 15 is 0 Å². The Morgan fingerprint density at radius 2 is 1.92 bits per heavy atom. The number of nitrogens with one attached hydrogen (secondary N) is 1. The Bertz CT molecular complexity index is 1090. The van der Waals surface area contributed by atoms with Gasteiger partial charge in [-0.3, -0.25) is 0 Å². The molecule has 0 amide bonds. The van der Waals surface area contributed by atoms with E-state index in [-0.39, 0.29) is 0 Å². The quantitative estimate of drug-likeness (QED) is 0.415. The first kappa shape index (κ1) is 17.2. The van der Waals surface area contributed by atoms with Gasteiger partial charge in [-0.15, -0.1) is 11.3 Å². The third kappa shape index (κ3) is 3.64. The molecule has 26 heavy (non-hydrogen) atoms. The molecule has 0 aliphatic heterocycles. The number of aryl methyl sites for hydroxylation is 2. The van der Waals surface area contributed by atoms with Crippen LogP contribution in [0.5, 0.6) is 0 Å². The molecule has 5 heteroatoms. The Morgan fingerprint density at radius 1 is 1.04 bits per heavy atom. The molecule has 2 aromatic carbocycles. The fourth-order valence-electron chi connectivity index (χ4n) is 2.96. The Morgan fingerprint density at radius 3 is 2.77 bits per heavy atom. The van der Waals surface area contributed by atoms with Gasteiger partial charge in [0.25, 0.3) is 0 Å². The second-order valence-electron chi connectivity index (χ2n) is 6.30. The van der Waals surface area contributed by atoms with Gasteiger partial charge in [0.2, 0.25) is 0 Å². The molecule has 0 spiro atoms. The maximum Gasteiger partial charge on any atom is 0.130 e. The summed E-state index contributed by atoms with van der Waals surface area (Å²) in [4.78, 5) is 9.17. The Hall–Kier alpha value is -2.24.